The largest absolute Gasteiger partial charge is 0.417 e. The number of piperidine rings is 1. The molecule has 8 nitrogen and oxygen atoms in total. The van der Waals surface area contributed by atoms with Gasteiger partial charge in [0.05, 0.1) is 23.3 Å². The Morgan fingerprint density at radius 1 is 1.22 bits per heavy atom. The van der Waals surface area contributed by atoms with E-state index in [2.05, 4.69) is 20.6 Å². The third kappa shape index (κ3) is 6.08. The highest BCUT2D eigenvalue weighted by Gasteiger charge is 2.34. The maximum absolute atomic E-state index is 13.2. The van der Waals surface area contributed by atoms with Crippen LogP contribution in [0.15, 0.2) is 24.5 Å². The Bertz CT molecular complexity index is 1080. The molecule has 2 atom stereocenters. The molecule has 2 aromatic rings. The topological polar surface area (TPSA) is 88.6 Å². The summed E-state index contributed by atoms with van der Waals surface area (Å²) >= 11 is 5.71. The van der Waals surface area contributed by atoms with E-state index in [1.165, 1.54) is 18.5 Å². The number of anilines is 2. The van der Waals surface area contributed by atoms with E-state index in [0.29, 0.717) is 31.9 Å². The van der Waals surface area contributed by atoms with Crippen LogP contribution in [0.4, 0.5) is 24.7 Å². The van der Waals surface area contributed by atoms with Gasteiger partial charge < -0.3 is 25.0 Å². The minimum atomic E-state index is -4.59. The summed E-state index contributed by atoms with van der Waals surface area (Å²) in [6, 6.07) is 3.99. The van der Waals surface area contributed by atoms with E-state index >= 15 is 0 Å². The summed E-state index contributed by atoms with van der Waals surface area (Å²) in [5, 5.41) is 6.12. The minimum absolute atomic E-state index is 0.0147. The first-order valence-corrected chi connectivity index (χ1v) is 12.2. The molecule has 4 rings (SSSR count). The van der Waals surface area contributed by atoms with E-state index in [1.54, 1.807) is 18.9 Å². The molecule has 0 unspecified atom stereocenters. The number of nitrogens with zero attached hydrogens (tertiary/aromatic N) is 3. The molecule has 1 amide bonds. The Labute approximate surface area is 212 Å². The first kappa shape index (κ1) is 26.6. The Balaban J connectivity index is 1.40. The lowest BCUT2D eigenvalue weighted by Crippen LogP contribution is -2.54. The van der Waals surface area contributed by atoms with Crippen LogP contribution in [-0.2, 0) is 15.7 Å². The molecule has 0 aliphatic carbocycles. The molecule has 2 aliphatic rings. The quantitative estimate of drug-likeness (QED) is 0.582. The number of hydrogen-bond donors (Lipinski definition) is 2. The van der Waals surface area contributed by atoms with E-state index in [0.717, 1.165) is 25.3 Å². The van der Waals surface area contributed by atoms with Gasteiger partial charge in [-0.05, 0) is 44.4 Å². The highest BCUT2D eigenvalue weighted by atomic mass is 35.5. The number of likely N-dealkylation sites (tertiary alicyclic amines) is 1. The Morgan fingerprint density at radius 2 is 1.97 bits per heavy atom. The van der Waals surface area contributed by atoms with Gasteiger partial charge in [-0.2, -0.15) is 13.2 Å². The van der Waals surface area contributed by atoms with Crippen LogP contribution in [0.5, 0.6) is 0 Å². The van der Waals surface area contributed by atoms with Crippen molar-refractivity contribution >= 4 is 29.0 Å². The van der Waals surface area contributed by atoms with Crippen LogP contribution in [0.2, 0.25) is 5.02 Å². The smallest absolute Gasteiger partial charge is 0.379 e. The number of halogens is 4. The molecule has 2 saturated heterocycles. The van der Waals surface area contributed by atoms with Gasteiger partial charge >= 0.3 is 6.18 Å². The monoisotopic (exact) mass is 527 g/mol. The number of ether oxygens (including phenoxy) is 2. The van der Waals surface area contributed by atoms with Gasteiger partial charge in [0.1, 0.15) is 17.8 Å². The Morgan fingerprint density at radius 3 is 2.67 bits per heavy atom. The van der Waals surface area contributed by atoms with Crippen molar-refractivity contribution in [1.29, 1.82) is 0 Å². The average molecular weight is 528 g/mol. The van der Waals surface area contributed by atoms with Crippen molar-refractivity contribution in [3.05, 3.63) is 46.4 Å². The van der Waals surface area contributed by atoms with Gasteiger partial charge in [0, 0.05) is 50.1 Å². The Hall–Kier alpha value is -2.47. The zero-order valence-electron chi connectivity index (χ0n) is 20.1. The van der Waals surface area contributed by atoms with Gasteiger partial charge in [-0.1, -0.05) is 11.6 Å². The number of aromatic nitrogens is 2. The molecule has 0 radical (unpaired) electrons. The van der Waals surface area contributed by atoms with E-state index in [9.17, 15) is 18.0 Å². The maximum Gasteiger partial charge on any atom is 0.417 e. The van der Waals surface area contributed by atoms with Crippen molar-refractivity contribution in [3.63, 3.8) is 0 Å². The lowest BCUT2D eigenvalue weighted by atomic mass is 9.99. The number of nitrogens with one attached hydrogen (secondary N) is 2. The molecule has 0 spiro atoms. The number of benzene rings is 1. The number of carbonyl (C=O) groups is 1. The summed E-state index contributed by atoms with van der Waals surface area (Å²) in [4.78, 5) is 23.3. The van der Waals surface area contributed by atoms with Crippen molar-refractivity contribution in [2.45, 2.75) is 50.6 Å². The number of carbonyl (C=O) groups excluding carboxylic acids is 1. The van der Waals surface area contributed by atoms with Gasteiger partial charge in [-0.3, -0.25) is 4.79 Å². The van der Waals surface area contributed by atoms with E-state index in [4.69, 9.17) is 21.1 Å². The summed E-state index contributed by atoms with van der Waals surface area (Å²) in [7, 11) is 1.69. The second-order valence-corrected chi connectivity index (χ2v) is 9.40. The van der Waals surface area contributed by atoms with Gasteiger partial charge in [-0.25, -0.2) is 9.97 Å². The molecular weight excluding hydrogens is 499 g/mol. The van der Waals surface area contributed by atoms with Crippen LogP contribution in [-0.4, -0.2) is 72.4 Å². The number of methoxy groups -OCH3 is 1. The molecule has 2 N–H and O–H groups in total. The fourth-order valence-corrected chi connectivity index (χ4v) is 4.81. The number of rotatable bonds is 6. The third-order valence-electron chi connectivity index (χ3n) is 6.66. The van der Waals surface area contributed by atoms with Crippen molar-refractivity contribution < 1.29 is 27.4 Å². The van der Waals surface area contributed by atoms with Crippen LogP contribution in [0.1, 0.15) is 40.9 Å². The highest BCUT2D eigenvalue weighted by Crippen LogP contribution is 2.37. The van der Waals surface area contributed by atoms with Crippen LogP contribution >= 0.6 is 11.6 Å². The predicted octanol–water partition coefficient (Wildman–Crippen LogP) is 4.20. The molecule has 3 heterocycles. The fraction of sp³-hybridized carbons (Fsp3) is 0.542. The average Bonchev–Trinajstić information content (AvgIpc) is 2.86. The standard InChI is InChI=1S/C24H29ClF3N5O3/c1-14-21(29-13-30-22(14)32-16-3-4-18(25)17(11-16)24(26,27)28)23(34)33-8-5-15(6-9-33)31-19-7-10-36-12-20(19)35-2/h3-4,11,13,15,19-20,31H,5-10,12H2,1-2H3,(H,29,30,32)/t19-,20+/m1/s1. The summed E-state index contributed by atoms with van der Waals surface area (Å²) in [6.45, 7) is 4.07. The van der Waals surface area contributed by atoms with Crippen LogP contribution < -0.4 is 10.6 Å². The molecule has 1 aromatic heterocycles. The zero-order chi connectivity index (χ0) is 25.9. The molecule has 2 aliphatic heterocycles. The molecule has 1 aromatic carbocycles. The van der Waals surface area contributed by atoms with E-state index in [1.807, 2.05) is 0 Å². The third-order valence-corrected chi connectivity index (χ3v) is 6.99. The lowest BCUT2D eigenvalue weighted by Gasteiger charge is -2.38. The lowest BCUT2D eigenvalue weighted by molar-refractivity contribution is -0.137. The van der Waals surface area contributed by atoms with Crippen LogP contribution in [0.25, 0.3) is 0 Å². The summed E-state index contributed by atoms with van der Waals surface area (Å²) in [5.41, 5.74) is -0.128. The zero-order valence-corrected chi connectivity index (χ0v) is 20.8. The van der Waals surface area contributed by atoms with Crippen molar-refractivity contribution in [1.82, 2.24) is 20.2 Å². The van der Waals surface area contributed by atoms with Crippen molar-refractivity contribution in [2.75, 3.05) is 38.7 Å². The van der Waals surface area contributed by atoms with Gasteiger partial charge in [-0.15, -0.1) is 0 Å². The SMILES string of the molecule is CO[C@H]1COCC[C@H]1NC1CCN(C(=O)c2ncnc(Nc3ccc(Cl)c(C(F)(F)F)c3)c2C)CC1. The number of hydrogen-bond acceptors (Lipinski definition) is 7. The maximum atomic E-state index is 13.2. The number of amides is 1. The van der Waals surface area contributed by atoms with Crippen LogP contribution in [0, 0.1) is 6.92 Å². The van der Waals surface area contributed by atoms with E-state index in [-0.39, 0.29) is 41.3 Å². The van der Waals surface area contributed by atoms with Crippen molar-refractivity contribution in [2.24, 2.45) is 0 Å². The Kier molecular flexibility index (Phi) is 8.34. The van der Waals surface area contributed by atoms with Gasteiger partial charge in [0.2, 0.25) is 0 Å². The predicted molar refractivity (Wildman–Crippen MR) is 129 cm³/mol. The van der Waals surface area contributed by atoms with E-state index < -0.39 is 16.8 Å². The minimum Gasteiger partial charge on any atom is -0.379 e. The molecular formula is C24H29ClF3N5O3. The second-order valence-electron chi connectivity index (χ2n) is 8.99. The first-order valence-electron chi connectivity index (χ1n) is 11.8. The molecule has 0 saturated carbocycles. The highest BCUT2D eigenvalue weighted by molar-refractivity contribution is 6.31. The molecule has 0 bridgehead atoms. The molecule has 12 heteroatoms. The van der Waals surface area contributed by atoms with Crippen molar-refractivity contribution in [3.8, 4) is 0 Å². The van der Waals surface area contributed by atoms with Gasteiger partial charge in [0.15, 0.2) is 0 Å². The first-order chi connectivity index (χ1) is 17.2. The summed E-state index contributed by atoms with van der Waals surface area (Å²) in [6.07, 6.45) is -0.883. The van der Waals surface area contributed by atoms with Gasteiger partial charge in [0.25, 0.3) is 5.91 Å². The molecule has 2 fully saturated rings. The second kappa shape index (κ2) is 11.3. The fourth-order valence-electron chi connectivity index (χ4n) is 4.59. The molecule has 36 heavy (non-hydrogen) atoms. The van der Waals surface area contributed by atoms with Crippen LogP contribution in [0.3, 0.4) is 0 Å². The number of alkyl halides is 3. The normalized spacial score (nSPS) is 21.4. The summed E-state index contributed by atoms with van der Waals surface area (Å²) < 4.78 is 50.7. The summed E-state index contributed by atoms with van der Waals surface area (Å²) in [5.74, 6) is 0.0230. The molecule has 196 valence electrons.